The third-order valence-electron chi connectivity index (χ3n) is 2.73. The van der Waals surface area contributed by atoms with E-state index in [1.54, 1.807) is 6.07 Å². The molecule has 0 saturated carbocycles. The molecule has 0 fully saturated rings. The second kappa shape index (κ2) is 4.45. The van der Waals surface area contributed by atoms with Crippen molar-refractivity contribution < 1.29 is 14.1 Å². The van der Waals surface area contributed by atoms with E-state index in [-0.39, 0.29) is 5.97 Å². The van der Waals surface area contributed by atoms with E-state index in [0.29, 0.717) is 12.2 Å². The SMILES string of the molecule is COC(=O)c1cccn1Cc1c(C)noc1C. The average Bonchev–Trinajstić information content (AvgIpc) is 2.90. The fourth-order valence-electron chi connectivity index (χ4n) is 1.74. The van der Waals surface area contributed by atoms with Gasteiger partial charge in [0, 0.05) is 11.8 Å². The van der Waals surface area contributed by atoms with E-state index in [1.165, 1.54) is 7.11 Å². The molecule has 5 heteroatoms. The molecule has 0 aliphatic carbocycles. The molecule has 17 heavy (non-hydrogen) atoms. The molecule has 2 aromatic heterocycles. The molecule has 0 atom stereocenters. The van der Waals surface area contributed by atoms with Crippen LogP contribution in [0.15, 0.2) is 22.9 Å². The first-order valence-corrected chi connectivity index (χ1v) is 5.28. The van der Waals surface area contributed by atoms with Gasteiger partial charge in [-0.3, -0.25) is 0 Å². The van der Waals surface area contributed by atoms with E-state index in [2.05, 4.69) is 5.16 Å². The zero-order valence-electron chi connectivity index (χ0n) is 10.1. The average molecular weight is 234 g/mol. The fourth-order valence-corrected chi connectivity index (χ4v) is 1.74. The van der Waals surface area contributed by atoms with Gasteiger partial charge in [0.1, 0.15) is 11.5 Å². The highest BCUT2D eigenvalue weighted by Gasteiger charge is 2.14. The van der Waals surface area contributed by atoms with Crippen LogP contribution in [0.25, 0.3) is 0 Å². The van der Waals surface area contributed by atoms with E-state index in [0.717, 1.165) is 17.0 Å². The molecule has 2 aromatic rings. The van der Waals surface area contributed by atoms with Crippen LogP contribution in [0.5, 0.6) is 0 Å². The van der Waals surface area contributed by atoms with Gasteiger partial charge in [-0.05, 0) is 26.0 Å². The Hall–Kier alpha value is -2.04. The van der Waals surface area contributed by atoms with Crippen LogP contribution >= 0.6 is 0 Å². The Morgan fingerprint density at radius 2 is 2.29 bits per heavy atom. The number of ether oxygens (including phenoxy) is 1. The van der Waals surface area contributed by atoms with Crippen LogP contribution in [0.4, 0.5) is 0 Å². The standard InChI is InChI=1S/C12H14N2O3/c1-8-10(9(2)17-13-8)7-14-6-4-5-11(14)12(15)16-3/h4-6H,7H2,1-3H3. The quantitative estimate of drug-likeness (QED) is 0.761. The minimum atomic E-state index is -0.346. The van der Waals surface area contributed by atoms with Gasteiger partial charge < -0.3 is 13.8 Å². The molecule has 0 unspecified atom stereocenters. The molecule has 5 nitrogen and oxygen atoms in total. The van der Waals surface area contributed by atoms with Gasteiger partial charge in [-0.15, -0.1) is 0 Å². The summed E-state index contributed by atoms with van der Waals surface area (Å²) in [5, 5.41) is 3.89. The summed E-state index contributed by atoms with van der Waals surface area (Å²) in [6, 6.07) is 3.54. The molecule has 0 N–H and O–H groups in total. The fraction of sp³-hybridized carbons (Fsp3) is 0.333. The number of methoxy groups -OCH3 is 1. The number of nitrogens with zero attached hydrogens (tertiary/aromatic N) is 2. The first kappa shape index (κ1) is 11.4. The number of aryl methyl sites for hydroxylation is 2. The van der Waals surface area contributed by atoms with Gasteiger partial charge in [-0.1, -0.05) is 5.16 Å². The summed E-state index contributed by atoms with van der Waals surface area (Å²) in [5.74, 6) is 0.425. The number of esters is 1. The van der Waals surface area contributed by atoms with Gasteiger partial charge >= 0.3 is 5.97 Å². The topological polar surface area (TPSA) is 57.3 Å². The molecule has 0 amide bonds. The Labute approximate surface area is 99.0 Å². The van der Waals surface area contributed by atoms with Crippen molar-refractivity contribution in [2.45, 2.75) is 20.4 Å². The van der Waals surface area contributed by atoms with Gasteiger partial charge in [0.2, 0.25) is 0 Å². The molecule has 2 rings (SSSR count). The third-order valence-corrected chi connectivity index (χ3v) is 2.73. The summed E-state index contributed by atoms with van der Waals surface area (Å²) >= 11 is 0. The zero-order valence-corrected chi connectivity index (χ0v) is 10.1. The number of carbonyl (C=O) groups excluding carboxylic acids is 1. The highest BCUT2D eigenvalue weighted by atomic mass is 16.5. The molecule has 0 aliphatic heterocycles. The largest absolute Gasteiger partial charge is 0.464 e. The van der Waals surface area contributed by atoms with E-state index in [1.807, 2.05) is 30.7 Å². The summed E-state index contributed by atoms with van der Waals surface area (Å²) in [5.41, 5.74) is 2.35. The molecular weight excluding hydrogens is 220 g/mol. The Morgan fingerprint density at radius 1 is 1.53 bits per heavy atom. The molecule has 0 aromatic carbocycles. The van der Waals surface area contributed by atoms with Crippen molar-refractivity contribution >= 4 is 5.97 Å². The third kappa shape index (κ3) is 2.08. The predicted molar refractivity (Wildman–Crippen MR) is 60.9 cm³/mol. The second-order valence-electron chi connectivity index (χ2n) is 3.82. The molecule has 0 spiro atoms. The highest BCUT2D eigenvalue weighted by molar-refractivity contribution is 5.87. The molecule has 0 radical (unpaired) electrons. The van der Waals surface area contributed by atoms with Crippen LogP contribution in [-0.4, -0.2) is 22.8 Å². The van der Waals surface area contributed by atoms with Gasteiger partial charge in [-0.2, -0.15) is 0 Å². The molecule has 0 bridgehead atoms. The van der Waals surface area contributed by atoms with E-state index in [9.17, 15) is 4.79 Å². The van der Waals surface area contributed by atoms with Crippen LogP contribution < -0.4 is 0 Å². The maximum Gasteiger partial charge on any atom is 0.354 e. The smallest absolute Gasteiger partial charge is 0.354 e. The molecule has 0 saturated heterocycles. The summed E-state index contributed by atoms with van der Waals surface area (Å²) in [6.07, 6.45) is 1.83. The Morgan fingerprint density at radius 3 is 2.88 bits per heavy atom. The zero-order chi connectivity index (χ0) is 12.4. The van der Waals surface area contributed by atoms with E-state index < -0.39 is 0 Å². The first-order valence-electron chi connectivity index (χ1n) is 5.28. The van der Waals surface area contributed by atoms with Crippen molar-refractivity contribution in [3.05, 3.63) is 41.0 Å². The van der Waals surface area contributed by atoms with Crippen molar-refractivity contribution in [3.63, 3.8) is 0 Å². The lowest BCUT2D eigenvalue weighted by Gasteiger charge is -2.07. The second-order valence-corrected chi connectivity index (χ2v) is 3.82. The van der Waals surface area contributed by atoms with Crippen LogP contribution in [-0.2, 0) is 11.3 Å². The monoisotopic (exact) mass is 234 g/mol. The number of aromatic nitrogens is 2. The number of carbonyl (C=O) groups is 1. The highest BCUT2D eigenvalue weighted by Crippen LogP contribution is 2.15. The number of rotatable bonds is 3. The Bertz CT molecular complexity index is 520. The van der Waals surface area contributed by atoms with Crippen molar-refractivity contribution in [2.24, 2.45) is 0 Å². The van der Waals surface area contributed by atoms with Gasteiger partial charge in [0.15, 0.2) is 0 Å². The minimum absolute atomic E-state index is 0.346. The van der Waals surface area contributed by atoms with E-state index in [4.69, 9.17) is 9.26 Å². The predicted octanol–water partition coefficient (Wildman–Crippen LogP) is 1.93. The van der Waals surface area contributed by atoms with Gasteiger partial charge in [0.25, 0.3) is 0 Å². The van der Waals surface area contributed by atoms with Crippen LogP contribution in [0.3, 0.4) is 0 Å². The summed E-state index contributed by atoms with van der Waals surface area (Å²) in [6.45, 7) is 4.29. The molecular formula is C12H14N2O3. The number of hydrogen-bond acceptors (Lipinski definition) is 4. The number of hydrogen-bond donors (Lipinski definition) is 0. The Kier molecular flexibility index (Phi) is 2.99. The maximum absolute atomic E-state index is 11.5. The molecule has 90 valence electrons. The lowest BCUT2D eigenvalue weighted by Crippen LogP contribution is -2.11. The van der Waals surface area contributed by atoms with Crippen molar-refractivity contribution in [3.8, 4) is 0 Å². The molecule has 2 heterocycles. The van der Waals surface area contributed by atoms with Gasteiger partial charge in [0.05, 0.1) is 19.3 Å². The summed E-state index contributed by atoms with van der Waals surface area (Å²) < 4.78 is 11.6. The van der Waals surface area contributed by atoms with E-state index >= 15 is 0 Å². The molecule has 0 aliphatic rings. The van der Waals surface area contributed by atoms with Crippen molar-refractivity contribution in [1.29, 1.82) is 0 Å². The lowest BCUT2D eigenvalue weighted by molar-refractivity contribution is 0.0589. The normalized spacial score (nSPS) is 10.5. The lowest BCUT2D eigenvalue weighted by atomic mass is 10.2. The summed E-state index contributed by atoms with van der Waals surface area (Å²) in [7, 11) is 1.37. The van der Waals surface area contributed by atoms with Crippen LogP contribution in [0, 0.1) is 13.8 Å². The minimum Gasteiger partial charge on any atom is -0.464 e. The first-order chi connectivity index (χ1) is 8.13. The summed E-state index contributed by atoms with van der Waals surface area (Å²) in [4.78, 5) is 11.5. The maximum atomic E-state index is 11.5. The van der Waals surface area contributed by atoms with Gasteiger partial charge in [-0.25, -0.2) is 4.79 Å². The van der Waals surface area contributed by atoms with Crippen molar-refractivity contribution in [1.82, 2.24) is 9.72 Å². The van der Waals surface area contributed by atoms with Crippen LogP contribution in [0.2, 0.25) is 0 Å². The van der Waals surface area contributed by atoms with Crippen molar-refractivity contribution in [2.75, 3.05) is 7.11 Å². The van der Waals surface area contributed by atoms with Crippen LogP contribution in [0.1, 0.15) is 27.5 Å². The Balaban J connectivity index is 2.31.